The number of nitrogens with one attached hydrogen (secondary N) is 5. The third-order valence-corrected chi connectivity index (χ3v) is 27.0. The Balaban J connectivity index is 0.907. The molecule has 37 N–H and O–H groups in total. The Morgan fingerprint density at radius 1 is 0.190 bits per heavy atom. The van der Waals surface area contributed by atoms with Gasteiger partial charge in [-0.05, 0) is 6.92 Å². The fourth-order valence-corrected chi connectivity index (χ4v) is 19.1. The highest BCUT2D eigenvalue weighted by Crippen LogP contribution is 2.43. The van der Waals surface area contributed by atoms with E-state index >= 15 is 0 Å². The SMILES string of the molecule is CC(=O)N[C@H]1[C@H](O[C@H]2[C@H](O)[C@@H](NC(C)=O)C(O)O[C@@H]2CO)O[C@H](CO)[C@@H](O[C@@H]2O[C@H](CO[C@H]3O[C@H](CO[C@@H]4O[C@H](CO)[C@@H](O[C@@H]5O[C@H](CO)[C@H](O)[C@H](O)[C@H]5O)[C@@H](O)[C@H]4NC(C)=O)[C@@H](O)[C@H](O)[C@@H]3O[C@@H]3O[C@H](CO)[C@@H](O[C@@H]4O[C@H](CO)[C@H](O)[C@H](O)[C@H]4O)[C@H](O)[C@H]3NC(C)=O)[C@@H](O)[C@H](O[C@H]3O[C@H](CO)[C@@H](O)[C@H](O)[C@@H]3O[C@@H]3O[C@H](CO)[C@@H](O[C@@H]4O[C@H](CO)[C@H](O)[C@H](O)[C@H]4O[C@@H]4O[C@@H](C)[C@@H](O)[C@@H](O)[C@@H]4O)[C@H](O)[C@H]3NC(C)=O)[C@@H]2O)[C@@H]1O. The molecule has 5 amide bonds. The Labute approximate surface area is 832 Å². The largest absolute Gasteiger partial charge is 0.394 e. The number of ether oxygens (including phenoxy) is 23. The third-order valence-electron chi connectivity index (χ3n) is 27.0. The van der Waals surface area contributed by atoms with E-state index in [9.17, 15) is 187 Å². The fraction of sp³-hybridized carbons (Fsp3) is 0.939. The smallest absolute Gasteiger partial charge is 0.217 e. The second kappa shape index (κ2) is 52.8. The molecule has 12 saturated heterocycles. The zero-order valence-electron chi connectivity index (χ0n) is 79.2. The second-order valence-electron chi connectivity index (χ2n) is 37.3. The van der Waals surface area contributed by atoms with Gasteiger partial charge in [0.1, 0.15) is 287 Å². The molecule has 0 aromatic rings. The molecule has 0 aliphatic carbocycles. The molecule has 0 bridgehead atoms. The van der Waals surface area contributed by atoms with Crippen molar-refractivity contribution in [3.8, 4) is 0 Å². The quantitative estimate of drug-likeness (QED) is 0.0273. The Bertz CT molecular complexity index is 4110. The molecule has 12 rings (SSSR count). The van der Waals surface area contributed by atoms with E-state index in [1.165, 1.54) is 6.92 Å². The van der Waals surface area contributed by atoms with Crippen molar-refractivity contribution in [1.29, 1.82) is 0 Å². The fourth-order valence-electron chi connectivity index (χ4n) is 19.1. The van der Waals surface area contributed by atoms with Crippen molar-refractivity contribution in [2.45, 2.75) is 410 Å². The van der Waals surface area contributed by atoms with Gasteiger partial charge in [-0.15, -0.1) is 0 Å². The first-order valence-corrected chi connectivity index (χ1v) is 47.0. The number of hydrogen-bond acceptors (Lipinski definition) is 60. The first kappa shape index (κ1) is 121. The molecule has 850 valence electrons. The van der Waals surface area contributed by atoms with Crippen LogP contribution in [0.25, 0.3) is 0 Å². The van der Waals surface area contributed by atoms with Crippen LogP contribution < -0.4 is 26.6 Å². The van der Waals surface area contributed by atoms with Crippen LogP contribution in [0.5, 0.6) is 0 Å². The van der Waals surface area contributed by atoms with Gasteiger partial charge in [-0.2, -0.15) is 0 Å². The van der Waals surface area contributed by atoms with Crippen molar-refractivity contribution in [3.05, 3.63) is 0 Å². The lowest BCUT2D eigenvalue weighted by molar-refractivity contribution is -0.402. The first-order chi connectivity index (χ1) is 69.5. The number of aliphatic hydroxyl groups excluding tert-OH is 32. The molecular formula is C82H137N5O60. The van der Waals surface area contributed by atoms with Gasteiger partial charge in [-0.25, -0.2) is 0 Å². The van der Waals surface area contributed by atoms with Gasteiger partial charge in [0.2, 0.25) is 29.5 Å². The summed E-state index contributed by atoms with van der Waals surface area (Å²) in [5.41, 5.74) is 0. The summed E-state index contributed by atoms with van der Waals surface area (Å²) in [6.45, 7) is -7.15. The molecule has 1 unspecified atom stereocenters. The van der Waals surface area contributed by atoms with Crippen LogP contribution in [-0.4, -0.2) is 634 Å². The van der Waals surface area contributed by atoms with E-state index in [1.807, 2.05) is 0 Å². The molecule has 0 spiro atoms. The minimum atomic E-state index is -2.74. The van der Waals surface area contributed by atoms with Gasteiger partial charge in [0.15, 0.2) is 75.5 Å². The standard InChI is InChI=1S/C82H137N5O60/c1-18-40(102)52(114)58(120)76(127-18)147-70-56(118)44(106)26(9-90)131-81(70)143-66-32(15-96)136-75(39(51(66)113)87-23(6)101)146-69-55(117)43(105)27(10-91)132-82(69)144-67-46(108)34(137-79(61(67)123)142-65-31(14-95)134-73(37(49(65)111)85-21(4)99)139-62-28(11-92)128-71(124)35(47(62)109)83-19(2)97)17-126-80-68(145-74-38(86-22(5)100)50(112)64(30(13-94)135-74)141-78-60(122)54(116)42(104)25(8-89)130-78)57(119)45(107)33(138-80)16-125-72-36(84-20(3)98)48(110)63(29(12-93)133-72)140-77-59(121)53(115)41(103)24(7-88)129-77/h18,24-82,88-96,102-124H,7-17H2,1-6H3,(H,83,97)(H,84,98)(H,85,99)(H,86,100)(H,87,101)/t18-,24+,25+,26+,27+,28+,29+,30+,31+,32+,33+,34+,35+,36+,37+,38+,39+,40+,41-,42-,43+,44-,45+,46+,47+,48-,49+,50+,51+,52+,53-,54-,55-,56-,57-,58-,59+,60+,61-,62+,63+,64+,65+,66+,67-,68-,69-,70+,71?,72+,73-,74-,75-,76-,77-,78-,79-,80-,81-,82+/m0/s1. The molecule has 12 aliphatic rings. The number of carbonyl (C=O) groups is 5. The summed E-state index contributed by atoms with van der Waals surface area (Å²) >= 11 is 0. The molecule has 60 atom stereocenters. The summed E-state index contributed by atoms with van der Waals surface area (Å²) in [5, 5.41) is 374. The average molecular weight is 2150 g/mol. The zero-order chi connectivity index (χ0) is 108. The molecule has 0 aromatic heterocycles. The number of carbonyl (C=O) groups excluding carboxylic acids is 5. The highest BCUT2D eigenvalue weighted by molar-refractivity contribution is 5.75. The molecule has 147 heavy (non-hydrogen) atoms. The number of rotatable bonds is 38. The Morgan fingerprint density at radius 3 is 0.762 bits per heavy atom. The Kier molecular flexibility index (Phi) is 43.4. The van der Waals surface area contributed by atoms with Crippen molar-refractivity contribution in [1.82, 2.24) is 26.6 Å². The summed E-state index contributed by atoms with van der Waals surface area (Å²) in [6.07, 6.45) is -119. The highest BCUT2D eigenvalue weighted by Gasteiger charge is 2.64. The predicted octanol–water partition coefficient (Wildman–Crippen LogP) is -25.4. The van der Waals surface area contributed by atoms with E-state index in [-0.39, 0.29) is 0 Å². The van der Waals surface area contributed by atoms with Crippen LogP contribution in [0.2, 0.25) is 0 Å². The zero-order valence-corrected chi connectivity index (χ0v) is 79.2. The van der Waals surface area contributed by atoms with E-state index < -0.39 is 470 Å². The van der Waals surface area contributed by atoms with E-state index in [4.69, 9.17) is 109 Å². The van der Waals surface area contributed by atoms with Gasteiger partial charge in [0.05, 0.1) is 78.8 Å². The van der Waals surface area contributed by atoms with E-state index in [2.05, 4.69) is 26.6 Å². The van der Waals surface area contributed by atoms with Crippen LogP contribution in [0, 0.1) is 0 Å². The van der Waals surface area contributed by atoms with Crippen molar-refractivity contribution in [2.75, 3.05) is 72.7 Å². The lowest BCUT2D eigenvalue weighted by atomic mass is 9.93. The van der Waals surface area contributed by atoms with E-state index in [0.29, 0.717) is 0 Å². The van der Waals surface area contributed by atoms with Crippen molar-refractivity contribution in [2.24, 2.45) is 0 Å². The van der Waals surface area contributed by atoms with Gasteiger partial charge >= 0.3 is 0 Å². The Morgan fingerprint density at radius 2 is 0.408 bits per heavy atom. The minimum absolute atomic E-state index is 0.839. The molecule has 12 fully saturated rings. The average Bonchev–Trinajstić information content (AvgIpc) is 0.753. The second-order valence-corrected chi connectivity index (χ2v) is 37.3. The maximum absolute atomic E-state index is 13.4. The lowest BCUT2D eigenvalue weighted by Gasteiger charge is -2.51. The monoisotopic (exact) mass is 2150 g/mol. The number of aliphatic hydroxyl groups is 32. The molecular weight excluding hydrogens is 2010 g/mol. The summed E-state index contributed by atoms with van der Waals surface area (Å²) in [6, 6.07) is -9.86. The van der Waals surface area contributed by atoms with Crippen LogP contribution in [0.4, 0.5) is 0 Å². The number of hydrogen-bond donors (Lipinski definition) is 37. The lowest BCUT2D eigenvalue weighted by Crippen LogP contribution is -2.71. The molecule has 0 saturated carbocycles. The normalized spacial score (nSPS) is 49.6. The van der Waals surface area contributed by atoms with Crippen molar-refractivity contribution >= 4 is 29.5 Å². The van der Waals surface area contributed by atoms with Crippen LogP contribution in [-0.2, 0) is 133 Å². The summed E-state index contributed by atoms with van der Waals surface area (Å²) in [5.74, 6) is -4.90. The van der Waals surface area contributed by atoms with Crippen LogP contribution in [0.1, 0.15) is 41.5 Å². The first-order valence-electron chi connectivity index (χ1n) is 47.0. The maximum Gasteiger partial charge on any atom is 0.217 e. The predicted molar refractivity (Wildman–Crippen MR) is 452 cm³/mol. The summed E-state index contributed by atoms with van der Waals surface area (Å²) < 4.78 is 138. The van der Waals surface area contributed by atoms with Gasteiger partial charge in [-0.3, -0.25) is 24.0 Å². The molecule has 65 heteroatoms. The minimum Gasteiger partial charge on any atom is -0.394 e. The third kappa shape index (κ3) is 26.8. The molecule has 0 radical (unpaired) electrons. The van der Waals surface area contributed by atoms with Crippen LogP contribution in [0.3, 0.4) is 0 Å². The van der Waals surface area contributed by atoms with Gasteiger partial charge in [0.25, 0.3) is 0 Å². The highest BCUT2D eigenvalue weighted by atomic mass is 16.8. The maximum atomic E-state index is 13.4. The summed E-state index contributed by atoms with van der Waals surface area (Å²) in [7, 11) is 0. The molecule has 12 aliphatic heterocycles. The summed E-state index contributed by atoms with van der Waals surface area (Å²) in [4.78, 5) is 65.3. The van der Waals surface area contributed by atoms with E-state index in [0.717, 1.165) is 34.6 Å². The van der Waals surface area contributed by atoms with Gasteiger partial charge in [0, 0.05) is 34.6 Å². The Hall–Kier alpha value is -4.85. The molecule has 65 nitrogen and oxygen atoms in total. The van der Waals surface area contributed by atoms with E-state index in [1.54, 1.807) is 0 Å². The topological polar surface area (TPSA) is 1010 Å². The van der Waals surface area contributed by atoms with Crippen molar-refractivity contribution < 1.29 is 296 Å². The van der Waals surface area contributed by atoms with Crippen molar-refractivity contribution in [3.63, 3.8) is 0 Å². The van der Waals surface area contributed by atoms with Crippen LogP contribution in [0.15, 0.2) is 0 Å². The van der Waals surface area contributed by atoms with Crippen LogP contribution >= 0.6 is 0 Å². The molecule has 12 heterocycles. The number of amides is 5. The van der Waals surface area contributed by atoms with Gasteiger partial charge in [-0.1, -0.05) is 0 Å². The molecule has 0 aromatic carbocycles. The van der Waals surface area contributed by atoms with Gasteiger partial charge < -0.3 is 299 Å².